The minimum Gasteiger partial charge on any atom is -0.358 e. The van der Waals surface area contributed by atoms with Gasteiger partial charge in [0.05, 0.1) is 0 Å². The summed E-state index contributed by atoms with van der Waals surface area (Å²) in [6.45, 7) is 19.9. The van der Waals surface area contributed by atoms with Gasteiger partial charge in [0.25, 0.3) is 0 Å². The summed E-state index contributed by atoms with van der Waals surface area (Å²) < 4.78 is 0. The molecule has 0 rings (SSSR count). The normalized spacial score (nSPS) is 2.73. The Morgan fingerprint density at radius 1 is 0.591 bits per heavy atom. The van der Waals surface area contributed by atoms with Gasteiger partial charge < -0.3 is 28.2 Å². The van der Waals surface area contributed by atoms with E-state index in [2.05, 4.69) is 34.6 Å². The smallest absolute Gasteiger partial charge is 0 e. The van der Waals surface area contributed by atoms with Gasteiger partial charge in [0.1, 0.15) is 0 Å². The number of rotatable bonds is 1. The molecule has 0 aliphatic carbocycles. The molecule has 0 aromatic heterocycles. The molecule has 0 fully saturated rings. The van der Waals surface area contributed by atoms with Crippen molar-refractivity contribution in [3.05, 3.63) is 28.2 Å². The molecule has 0 aromatic carbocycles. The van der Waals surface area contributed by atoms with Crippen LogP contribution < -0.4 is 0 Å². The van der Waals surface area contributed by atoms with Gasteiger partial charge in [0.15, 0.2) is 0 Å². The molecule has 0 aromatic rings. The fourth-order valence-corrected chi connectivity index (χ4v) is 0. The van der Waals surface area contributed by atoms with Crippen LogP contribution in [0.5, 0.6) is 0 Å². The molecule has 0 unspecified atom stereocenters. The summed E-state index contributed by atoms with van der Waals surface area (Å²) in [5, 5.41) is 0. The Balaban J connectivity index is -0.00000000200. The van der Waals surface area contributed by atoms with E-state index in [1.807, 2.05) is 6.92 Å². The third kappa shape index (κ3) is 197. The quantitative estimate of drug-likeness (QED) is 0.319. The molecule has 0 nitrogen and oxygen atoms in total. The summed E-state index contributed by atoms with van der Waals surface area (Å²) in [6.07, 6.45) is 3.64. The molecule has 0 aliphatic heterocycles. The second-order valence-corrected chi connectivity index (χ2v) is 1.50. The summed E-state index contributed by atoms with van der Waals surface area (Å²) >= 11 is 0. The number of hydrogen-bond acceptors (Lipinski definition) is 0. The van der Waals surface area contributed by atoms with E-state index in [4.69, 9.17) is 0 Å². The fraction of sp³-hybridized carbons (Fsp3) is 0.667. The molecule has 10 heteroatoms. The summed E-state index contributed by atoms with van der Waals surface area (Å²) in [5.74, 6) is 0. The average molecular weight is 1080 g/mol. The van der Waals surface area contributed by atoms with Gasteiger partial charge in [-0.3, -0.25) is 0 Å². The minimum atomic E-state index is 0. The Hall–Kier alpha value is 10.7. The van der Waals surface area contributed by atoms with Crippen LogP contribution in [0.4, 0.5) is 0 Å². The monoisotopic (exact) mass is 1080 g/mol. The van der Waals surface area contributed by atoms with Crippen LogP contribution in [-0.2, 0) is 95.9 Å². The first-order valence-corrected chi connectivity index (χ1v) is 4.54. The fourth-order valence-electron chi connectivity index (χ4n) is 0. The van der Waals surface area contributed by atoms with Crippen molar-refractivity contribution in [3.8, 4) is 0 Å². The molecule has 1 radical (unpaired) electrons. The van der Waals surface area contributed by atoms with Crippen LogP contribution in [0.15, 0.2) is 0 Å². The minimum absolute atomic E-state index is 0. The zero-order valence-corrected chi connectivity index (χ0v) is 28.5. The number of unbranched alkanes of at least 4 members (excludes halogenated alkanes) is 1. The third-order valence-corrected chi connectivity index (χ3v) is 0.500. The van der Waals surface area contributed by atoms with Crippen LogP contribution in [0.3, 0.4) is 0 Å². The van der Waals surface area contributed by atoms with E-state index in [0.29, 0.717) is 0 Å². The Bertz CT molecular complexity index is 45.1. The van der Waals surface area contributed by atoms with Crippen molar-refractivity contribution in [2.24, 2.45) is 0 Å². The van der Waals surface area contributed by atoms with Crippen LogP contribution in [0.25, 0.3) is 0 Å². The summed E-state index contributed by atoms with van der Waals surface area (Å²) in [5.41, 5.74) is 0. The molecular formula is C12H30Ar6Pt2WY-4. The first-order valence-electron chi connectivity index (χ1n) is 4.54. The van der Waals surface area contributed by atoms with Gasteiger partial charge in [-0.1, -0.05) is 33.6 Å². The second kappa shape index (κ2) is 159. The van der Waals surface area contributed by atoms with E-state index < -0.39 is 0 Å². The van der Waals surface area contributed by atoms with Crippen molar-refractivity contribution >= 4 is 0 Å². The van der Waals surface area contributed by atoms with E-state index in [9.17, 15) is 0 Å². The maximum Gasteiger partial charge on any atom is 0 e. The summed E-state index contributed by atoms with van der Waals surface area (Å²) in [6, 6.07) is 0. The van der Waals surface area contributed by atoms with Crippen LogP contribution in [0.1, 0.15) is 53.9 Å². The van der Waals surface area contributed by atoms with Crippen LogP contribution in [-0.4, -0.2) is 0 Å². The van der Waals surface area contributed by atoms with Gasteiger partial charge in [0, 0.05) is 322 Å². The van der Waals surface area contributed by atoms with E-state index >= 15 is 0 Å². The van der Waals surface area contributed by atoms with Gasteiger partial charge in [-0.2, -0.15) is 20.3 Å². The summed E-state index contributed by atoms with van der Waals surface area (Å²) in [4.78, 5) is 0. The Labute approximate surface area is 392 Å². The Morgan fingerprint density at radius 3 is 0.636 bits per heavy atom. The first kappa shape index (κ1) is 105. The molecule has 0 spiro atoms. The zero-order valence-electron chi connectivity index (χ0n) is 14.0. The Morgan fingerprint density at radius 2 is 0.636 bits per heavy atom. The van der Waals surface area contributed by atoms with Crippen LogP contribution >= 0.6 is 0 Å². The molecule has 159 valence electrons. The maximum atomic E-state index is 3.49. The van der Waals surface area contributed by atoms with E-state index in [0.717, 1.165) is 6.42 Å². The molecule has 0 saturated heterocycles. The van der Waals surface area contributed by atoms with Crippen molar-refractivity contribution in [1.29, 1.82) is 0 Å². The molecule has 0 amide bonds. The van der Waals surface area contributed by atoms with Crippen molar-refractivity contribution < 1.29 is 322 Å². The maximum absolute atomic E-state index is 3.49. The predicted octanol–water partition coefficient (Wildman–Crippen LogP) is 5.16. The Kier molecular flexibility index (Phi) is 757. The molecule has 0 aliphatic rings. The zero-order chi connectivity index (χ0) is 10.1. The van der Waals surface area contributed by atoms with Crippen LogP contribution in [0, 0.1) is 255 Å². The van der Waals surface area contributed by atoms with E-state index in [-0.39, 0.29) is 330 Å². The average Bonchev–Trinajstić information content (AvgIpc) is 2.12. The van der Waals surface area contributed by atoms with Gasteiger partial charge in [0.2, 0.25) is 0 Å². The molecule has 22 heavy (non-hydrogen) atoms. The number of hydrogen-bond donors (Lipinski definition) is 0. The van der Waals surface area contributed by atoms with Gasteiger partial charge >= 0.3 is 0 Å². The summed E-state index contributed by atoms with van der Waals surface area (Å²) in [7, 11) is 0. The molecule has 0 N–H and O–H groups in total. The van der Waals surface area contributed by atoms with E-state index in [1.165, 1.54) is 12.8 Å². The van der Waals surface area contributed by atoms with Gasteiger partial charge in [-0.05, 0) is 0 Å². The van der Waals surface area contributed by atoms with Crippen molar-refractivity contribution in [3.63, 3.8) is 0 Å². The molecule has 0 bridgehead atoms. The standard InChI is InChI=1S/C4H10.C3H7.2C2H5.CH3.6Ar.2Pt.W.Y/c1-3-4-2;1-3-2;2*1-2;;;;;;;;;;;/h3-4H2,1-2H3;1,3H2,2H3;2*1H2,2H3;1H3;;;;;;;;;;/q;4*-1;;;;;;;;;;. The molecule has 0 atom stereocenters. The largest absolute Gasteiger partial charge is 0.358 e. The molecule has 0 saturated carbocycles. The SMILES string of the molecule is CCCC.[Ar].[Ar].[Ar].[Ar].[Ar].[Ar].[CH2-]C.[CH2-]C.[CH2-]CC.[CH3-].[Pt].[Pt].[W].[Y]. The van der Waals surface area contributed by atoms with Crippen molar-refractivity contribution in [2.75, 3.05) is 0 Å². The van der Waals surface area contributed by atoms with Gasteiger partial charge in [-0.25, -0.2) is 0 Å². The van der Waals surface area contributed by atoms with Crippen LogP contribution in [0.2, 0.25) is 0 Å². The van der Waals surface area contributed by atoms with E-state index in [1.54, 1.807) is 13.8 Å². The first-order chi connectivity index (χ1) is 5.33. The van der Waals surface area contributed by atoms with Crippen molar-refractivity contribution in [1.82, 2.24) is 0 Å². The molecule has 0 heterocycles. The third-order valence-electron chi connectivity index (χ3n) is 0.500. The van der Waals surface area contributed by atoms with Gasteiger partial charge in [-0.15, -0.1) is 0 Å². The van der Waals surface area contributed by atoms with Crippen molar-refractivity contribution in [2.45, 2.75) is 53.9 Å². The predicted molar refractivity (Wildman–Crippen MR) is 64.7 cm³/mol. The second-order valence-electron chi connectivity index (χ2n) is 1.50. The topological polar surface area (TPSA) is 0 Å². The molecular weight excluding hydrogens is 1050 g/mol.